The molecule has 0 saturated heterocycles. The van der Waals surface area contributed by atoms with Crippen molar-refractivity contribution in [2.75, 3.05) is 0 Å². The minimum absolute atomic E-state index is 0.0887. The van der Waals surface area contributed by atoms with E-state index in [0.29, 0.717) is 5.56 Å². The van der Waals surface area contributed by atoms with Crippen LogP contribution in [0.3, 0.4) is 0 Å². The molecule has 0 fully saturated rings. The molecule has 0 bridgehead atoms. The van der Waals surface area contributed by atoms with Crippen molar-refractivity contribution >= 4 is 0 Å². The summed E-state index contributed by atoms with van der Waals surface area (Å²) in [4.78, 5) is 12.9. The molecule has 3 nitrogen and oxygen atoms in total. The highest BCUT2D eigenvalue weighted by atomic mass is 16.1. The fourth-order valence-corrected chi connectivity index (χ4v) is 3.33. The van der Waals surface area contributed by atoms with Crippen molar-refractivity contribution in [1.82, 2.24) is 9.78 Å². The van der Waals surface area contributed by atoms with Gasteiger partial charge in [0, 0.05) is 5.56 Å². The van der Waals surface area contributed by atoms with Crippen molar-refractivity contribution in [3.63, 3.8) is 0 Å². The largest absolute Gasteiger partial charge is 0.272 e. The standard InChI is InChI=1S/C23H20N2O/c1-16-8-6-12-19(14-16)22-21(18-10-4-3-5-11-18)23(26)24-25(22)20-13-7-9-17(2)15-20/h3-15H,1-2H3,(H,24,26). The fourth-order valence-electron chi connectivity index (χ4n) is 3.33. The number of aromatic nitrogens is 2. The third kappa shape index (κ3) is 2.88. The summed E-state index contributed by atoms with van der Waals surface area (Å²) in [5.41, 5.74) is 6.67. The molecule has 1 aromatic heterocycles. The molecule has 0 saturated carbocycles. The minimum atomic E-state index is -0.0887. The van der Waals surface area contributed by atoms with Gasteiger partial charge in [-0.25, -0.2) is 0 Å². The normalized spacial score (nSPS) is 10.8. The third-order valence-electron chi connectivity index (χ3n) is 4.51. The van der Waals surface area contributed by atoms with Gasteiger partial charge in [-0.3, -0.25) is 14.6 Å². The number of hydrogen-bond donors (Lipinski definition) is 1. The lowest BCUT2D eigenvalue weighted by atomic mass is 10.00. The molecule has 0 aliphatic heterocycles. The topological polar surface area (TPSA) is 37.8 Å². The van der Waals surface area contributed by atoms with E-state index in [1.807, 2.05) is 59.3 Å². The first-order chi connectivity index (χ1) is 12.6. The molecule has 0 amide bonds. The lowest BCUT2D eigenvalue weighted by molar-refractivity contribution is 0.869. The molecular weight excluding hydrogens is 320 g/mol. The second-order valence-corrected chi connectivity index (χ2v) is 6.57. The molecule has 4 rings (SSSR count). The Morgan fingerprint density at radius 3 is 2.08 bits per heavy atom. The first-order valence-electron chi connectivity index (χ1n) is 8.68. The molecule has 26 heavy (non-hydrogen) atoms. The van der Waals surface area contributed by atoms with Gasteiger partial charge >= 0.3 is 0 Å². The van der Waals surface area contributed by atoms with E-state index in [9.17, 15) is 4.79 Å². The zero-order valence-electron chi connectivity index (χ0n) is 14.9. The lowest BCUT2D eigenvalue weighted by Crippen LogP contribution is -2.05. The highest BCUT2D eigenvalue weighted by Gasteiger charge is 2.19. The van der Waals surface area contributed by atoms with Gasteiger partial charge in [0.15, 0.2) is 0 Å². The number of hydrogen-bond acceptors (Lipinski definition) is 1. The first kappa shape index (κ1) is 16.2. The van der Waals surface area contributed by atoms with Crippen LogP contribution < -0.4 is 5.56 Å². The molecule has 0 unspecified atom stereocenters. The second-order valence-electron chi connectivity index (χ2n) is 6.57. The number of benzene rings is 3. The van der Waals surface area contributed by atoms with Crippen LogP contribution >= 0.6 is 0 Å². The molecule has 1 N–H and O–H groups in total. The molecule has 3 heteroatoms. The summed E-state index contributed by atoms with van der Waals surface area (Å²) in [6, 6.07) is 26.2. The van der Waals surface area contributed by atoms with Gasteiger partial charge in [0.2, 0.25) is 0 Å². The van der Waals surface area contributed by atoms with Gasteiger partial charge in [0.25, 0.3) is 5.56 Å². The Hall–Kier alpha value is -3.33. The molecular formula is C23H20N2O. The zero-order valence-corrected chi connectivity index (χ0v) is 14.9. The average molecular weight is 340 g/mol. The third-order valence-corrected chi connectivity index (χ3v) is 4.51. The maximum atomic E-state index is 12.9. The van der Waals surface area contributed by atoms with E-state index in [2.05, 4.69) is 43.2 Å². The molecule has 3 aromatic carbocycles. The van der Waals surface area contributed by atoms with Crippen LogP contribution in [-0.2, 0) is 0 Å². The second kappa shape index (κ2) is 6.52. The van der Waals surface area contributed by atoms with Crippen LogP contribution in [-0.4, -0.2) is 9.78 Å². The highest BCUT2D eigenvalue weighted by Crippen LogP contribution is 2.31. The summed E-state index contributed by atoms with van der Waals surface area (Å²) in [7, 11) is 0. The molecule has 4 aromatic rings. The summed E-state index contributed by atoms with van der Waals surface area (Å²) in [6.07, 6.45) is 0. The van der Waals surface area contributed by atoms with E-state index in [-0.39, 0.29) is 5.56 Å². The van der Waals surface area contributed by atoms with Crippen LogP contribution in [0.4, 0.5) is 0 Å². The van der Waals surface area contributed by atoms with E-state index in [1.54, 1.807) is 0 Å². The summed E-state index contributed by atoms with van der Waals surface area (Å²) in [5, 5.41) is 3.03. The van der Waals surface area contributed by atoms with Gasteiger partial charge in [-0.05, 0) is 43.2 Å². The predicted octanol–water partition coefficient (Wildman–Crippen LogP) is 5.12. The Kier molecular flexibility index (Phi) is 4.05. The van der Waals surface area contributed by atoms with Gasteiger partial charge in [0.1, 0.15) is 0 Å². The van der Waals surface area contributed by atoms with E-state index in [4.69, 9.17) is 0 Å². The number of aromatic amines is 1. The monoisotopic (exact) mass is 340 g/mol. The minimum Gasteiger partial charge on any atom is -0.267 e. The van der Waals surface area contributed by atoms with Crippen molar-refractivity contribution < 1.29 is 0 Å². The summed E-state index contributed by atoms with van der Waals surface area (Å²) >= 11 is 0. The van der Waals surface area contributed by atoms with Gasteiger partial charge in [-0.2, -0.15) is 0 Å². The van der Waals surface area contributed by atoms with Gasteiger partial charge in [0.05, 0.1) is 16.9 Å². The van der Waals surface area contributed by atoms with Crippen molar-refractivity contribution in [2.45, 2.75) is 13.8 Å². The Morgan fingerprint density at radius 1 is 0.731 bits per heavy atom. The smallest absolute Gasteiger partial charge is 0.267 e. The highest BCUT2D eigenvalue weighted by molar-refractivity contribution is 5.82. The number of nitrogens with one attached hydrogen (secondary N) is 1. The Bertz CT molecular complexity index is 1120. The quantitative estimate of drug-likeness (QED) is 0.552. The van der Waals surface area contributed by atoms with Crippen LogP contribution in [0.5, 0.6) is 0 Å². The molecule has 128 valence electrons. The number of H-pyrrole nitrogens is 1. The fraction of sp³-hybridized carbons (Fsp3) is 0.0870. The number of rotatable bonds is 3. The maximum absolute atomic E-state index is 12.9. The van der Waals surface area contributed by atoms with E-state index < -0.39 is 0 Å². The maximum Gasteiger partial charge on any atom is 0.272 e. The Labute approximate surface area is 152 Å². The zero-order chi connectivity index (χ0) is 18.1. The van der Waals surface area contributed by atoms with E-state index in [1.165, 1.54) is 0 Å². The number of nitrogens with zero attached hydrogens (tertiary/aromatic N) is 1. The molecule has 0 radical (unpaired) electrons. The molecule has 1 heterocycles. The molecule has 0 atom stereocenters. The van der Waals surface area contributed by atoms with Crippen molar-refractivity contribution in [2.24, 2.45) is 0 Å². The van der Waals surface area contributed by atoms with Crippen LogP contribution in [0.1, 0.15) is 11.1 Å². The van der Waals surface area contributed by atoms with Crippen LogP contribution in [0.15, 0.2) is 83.7 Å². The van der Waals surface area contributed by atoms with Crippen LogP contribution in [0, 0.1) is 13.8 Å². The summed E-state index contributed by atoms with van der Waals surface area (Å²) in [5.74, 6) is 0. The molecule has 0 aliphatic rings. The Balaban J connectivity index is 2.06. The van der Waals surface area contributed by atoms with E-state index >= 15 is 0 Å². The Morgan fingerprint density at radius 2 is 1.38 bits per heavy atom. The van der Waals surface area contributed by atoms with Gasteiger partial charge in [-0.15, -0.1) is 0 Å². The SMILES string of the molecule is Cc1cccc(-c2c(-c3ccccc3)c(=O)[nH]n2-c2cccc(C)c2)c1. The van der Waals surface area contributed by atoms with Crippen molar-refractivity contribution in [3.8, 4) is 28.1 Å². The summed E-state index contributed by atoms with van der Waals surface area (Å²) in [6.45, 7) is 4.11. The first-order valence-corrected chi connectivity index (χ1v) is 8.68. The van der Waals surface area contributed by atoms with Crippen molar-refractivity contribution in [3.05, 3.63) is 100 Å². The van der Waals surface area contributed by atoms with Gasteiger partial charge < -0.3 is 0 Å². The van der Waals surface area contributed by atoms with Gasteiger partial charge in [-0.1, -0.05) is 66.2 Å². The average Bonchev–Trinajstić information content (AvgIpc) is 3.00. The van der Waals surface area contributed by atoms with E-state index in [0.717, 1.165) is 33.6 Å². The molecule has 0 spiro atoms. The predicted molar refractivity (Wildman–Crippen MR) is 107 cm³/mol. The molecule has 0 aliphatic carbocycles. The van der Waals surface area contributed by atoms with Crippen LogP contribution in [0.25, 0.3) is 28.1 Å². The van der Waals surface area contributed by atoms with Crippen LogP contribution in [0.2, 0.25) is 0 Å². The van der Waals surface area contributed by atoms with Crippen molar-refractivity contribution in [1.29, 1.82) is 0 Å². The number of aryl methyl sites for hydroxylation is 2. The summed E-state index contributed by atoms with van der Waals surface area (Å²) < 4.78 is 1.90. The lowest BCUT2D eigenvalue weighted by Gasteiger charge is -2.12.